The second-order valence-electron chi connectivity index (χ2n) is 8.71. The van der Waals surface area contributed by atoms with E-state index in [2.05, 4.69) is 58.6 Å². The van der Waals surface area contributed by atoms with Gasteiger partial charge in [0.1, 0.15) is 16.4 Å². The fraction of sp³-hybridized carbons (Fsp3) is 0.348. The van der Waals surface area contributed by atoms with Crippen molar-refractivity contribution in [3.05, 3.63) is 63.9 Å². The van der Waals surface area contributed by atoms with Crippen molar-refractivity contribution in [2.75, 3.05) is 11.9 Å². The molecule has 3 aromatic heterocycles. The van der Waals surface area contributed by atoms with Crippen molar-refractivity contribution in [2.45, 2.75) is 45.2 Å². The summed E-state index contributed by atoms with van der Waals surface area (Å²) >= 11 is 1.69. The van der Waals surface area contributed by atoms with E-state index < -0.39 is 0 Å². The van der Waals surface area contributed by atoms with Gasteiger partial charge in [-0.25, -0.2) is 9.67 Å². The predicted octanol–water partition coefficient (Wildman–Crippen LogP) is 4.39. The Morgan fingerprint density at radius 3 is 2.97 bits per heavy atom. The van der Waals surface area contributed by atoms with E-state index in [4.69, 9.17) is 0 Å². The Labute approximate surface area is 184 Å². The standard InChI is InChI=1S/C23H26N6OS/c1-14-11-26-22(31-14)19-10-23(2,3)29-20(28-19)17(13-27-29)21(30)24-9-8-15-12-25-18-7-5-4-6-16(15)18/h4-7,11-13,19,25,28H,8-10H2,1-3H3,(H,24,30). The number of para-hydroxylation sites is 1. The molecule has 4 heterocycles. The molecule has 0 fully saturated rings. The quantitative estimate of drug-likeness (QED) is 0.435. The lowest BCUT2D eigenvalue weighted by Gasteiger charge is -2.37. The zero-order chi connectivity index (χ0) is 21.6. The van der Waals surface area contributed by atoms with Crippen LogP contribution in [0, 0.1) is 6.92 Å². The number of H-pyrrole nitrogens is 1. The lowest BCUT2D eigenvalue weighted by atomic mass is 9.93. The molecule has 1 aliphatic rings. The number of aromatic amines is 1. The summed E-state index contributed by atoms with van der Waals surface area (Å²) in [7, 11) is 0. The number of rotatable bonds is 5. The highest BCUT2D eigenvalue weighted by Crippen LogP contribution is 2.40. The van der Waals surface area contributed by atoms with Gasteiger partial charge in [-0.1, -0.05) is 18.2 Å². The molecule has 1 amide bonds. The van der Waals surface area contributed by atoms with Crippen molar-refractivity contribution in [2.24, 2.45) is 0 Å². The van der Waals surface area contributed by atoms with E-state index in [-0.39, 0.29) is 17.5 Å². The molecule has 0 bridgehead atoms. The molecule has 3 N–H and O–H groups in total. The van der Waals surface area contributed by atoms with Crippen LogP contribution in [-0.2, 0) is 12.0 Å². The molecule has 0 spiro atoms. The number of nitrogens with one attached hydrogen (secondary N) is 3. The maximum absolute atomic E-state index is 13.0. The van der Waals surface area contributed by atoms with Crippen LogP contribution in [-0.4, -0.2) is 32.2 Å². The molecule has 8 heteroatoms. The molecule has 5 rings (SSSR count). The van der Waals surface area contributed by atoms with Gasteiger partial charge < -0.3 is 15.6 Å². The Bertz CT molecular complexity index is 1250. The summed E-state index contributed by atoms with van der Waals surface area (Å²) in [4.78, 5) is 22.0. The number of fused-ring (bicyclic) bond motifs is 2. The molecule has 7 nitrogen and oxygen atoms in total. The summed E-state index contributed by atoms with van der Waals surface area (Å²) in [6.07, 6.45) is 7.21. The monoisotopic (exact) mass is 434 g/mol. The Morgan fingerprint density at radius 2 is 2.16 bits per heavy atom. The number of anilines is 1. The lowest BCUT2D eigenvalue weighted by Crippen LogP contribution is -2.38. The minimum absolute atomic E-state index is 0.0654. The minimum Gasteiger partial charge on any atom is -0.361 e. The average molecular weight is 435 g/mol. The smallest absolute Gasteiger partial charge is 0.256 e. The SMILES string of the molecule is Cc1cnc(C2CC(C)(C)n3ncc(C(=O)NCCc4c[nH]c5ccccc45)c3N2)s1. The van der Waals surface area contributed by atoms with Gasteiger partial charge in [0.2, 0.25) is 0 Å². The van der Waals surface area contributed by atoms with Crippen LogP contribution in [0.3, 0.4) is 0 Å². The van der Waals surface area contributed by atoms with E-state index in [0.717, 1.165) is 29.2 Å². The lowest BCUT2D eigenvalue weighted by molar-refractivity contribution is 0.0954. The van der Waals surface area contributed by atoms with Gasteiger partial charge in [0.15, 0.2) is 0 Å². The number of hydrogen-bond acceptors (Lipinski definition) is 5. The third kappa shape index (κ3) is 3.61. The predicted molar refractivity (Wildman–Crippen MR) is 124 cm³/mol. The number of carbonyl (C=O) groups excluding carboxylic acids is 1. The highest BCUT2D eigenvalue weighted by molar-refractivity contribution is 7.11. The number of aryl methyl sites for hydroxylation is 1. The van der Waals surface area contributed by atoms with Crippen molar-refractivity contribution >= 4 is 34.0 Å². The number of benzene rings is 1. The first kappa shape index (κ1) is 19.8. The van der Waals surface area contributed by atoms with E-state index in [1.807, 2.05) is 29.2 Å². The van der Waals surface area contributed by atoms with Crippen molar-refractivity contribution in [1.82, 2.24) is 25.1 Å². The highest BCUT2D eigenvalue weighted by Gasteiger charge is 2.37. The topological polar surface area (TPSA) is 87.6 Å². The van der Waals surface area contributed by atoms with Gasteiger partial charge in [-0.05, 0) is 45.2 Å². The van der Waals surface area contributed by atoms with Gasteiger partial charge in [-0.15, -0.1) is 11.3 Å². The van der Waals surface area contributed by atoms with Gasteiger partial charge in [-0.2, -0.15) is 5.10 Å². The first-order valence-corrected chi connectivity index (χ1v) is 11.3. The second kappa shape index (κ2) is 7.53. The molecule has 4 aromatic rings. The molecule has 1 aromatic carbocycles. The fourth-order valence-electron chi connectivity index (χ4n) is 4.34. The molecule has 1 atom stereocenters. The number of nitrogens with zero attached hydrogens (tertiary/aromatic N) is 3. The van der Waals surface area contributed by atoms with Crippen LogP contribution in [0.25, 0.3) is 10.9 Å². The Morgan fingerprint density at radius 1 is 1.32 bits per heavy atom. The molecular formula is C23H26N6OS. The zero-order valence-electron chi connectivity index (χ0n) is 17.9. The summed E-state index contributed by atoms with van der Waals surface area (Å²) in [5.41, 5.74) is 2.67. The van der Waals surface area contributed by atoms with E-state index in [1.54, 1.807) is 17.5 Å². The van der Waals surface area contributed by atoms with Crippen LogP contribution < -0.4 is 10.6 Å². The molecule has 0 radical (unpaired) electrons. The summed E-state index contributed by atoms with van der Waals surface area (Å²) in [5, 5.41) is 13.4. The van der Waals surface area contributed by atoms with Crippen molar-refractivity contribution < 1.29 is 4.79 Å². The van der Waals surface area contributed by atoms with E-state index in [1.165, 1.54) is 15.8 Å². The molecule has 31 heavy (non-hydrogen) atoms. The minimum atomic E-state index is -0.215. The average Bonchev–Trinajstić information content (AvgIpc) is 3.46. The number of hydrogen-bond donors (Lipinski definition) is 3. The largest absolute Gasteiger partial charge is 0.361 e. The summed E-state index contributed by atoms with van der Waals surface area (Å²) in [6, 6.07) is 8.28. The van der Waals surface area contributed by atoms with Crippen molar-refractivity contribution in [3.63, 3.8) is 0 Å². The Balaban J connectivity index is 1.32. The molecule has 1 aliphatic heterocycles. The second-order valence-corrected chi connectivity index (χ2v) is 9.97. The van der Waals surface area contributed by atoms with E-state index in [0.29, 0.717) is 12.1 Å². The maximum Gasteiger partial charge on any atom is 0.256 e. The van der Waals surface area contributed by atoms with Gasteiger partial charge in [0.25, 0.3) is 5.91 Å². The zero-order valence-corrected chi connectivity index (χ0v) is 18.7. The van der Waals surface area contributed by atoms with Crippen LogP contribution in [0.1, 0.15) is 52.1 Å². The molecule has 160 valence electrons. The van der Waals surface area contributed by atoms with Crippen LogP contribution in [0.5, 0.6) is 0 Å². The van der Waals surface area contributed by atoms with Gasteiger partial charge >= 0.3 is 0 Å². The number of thiazole rings is 1. The molecule has 0 aliphatic carbocycles. The number of carbonyl (C=O) groups is 1. The molecule has 1 unspecified atom stereocenters. The van der Waals surface area contributed by atoms with Gasteiger partial charge in [-0.3, -0.25) is 4.79 Å². The molecule has 0 saturated heterocycles. The fourth-order valence-corrected chi connectivity index (χ4v) is 5.17. The van der Waals surface area contributed by atoms with E-state index in [9.17, 15) is 4.79 Å². The van der Waals surface area contributed by atoms with Crippen LogP contribution in [0.2, 0.25) is 0 Å². The van der Waals surface area contributed by atoms with Crippen molar-refractivity contribution in [3.8, 4) is 0 Å². The van der Waals surface area contributed by atoms with Gasteiger partial charge in [0.05, 0.1) is 17.8 Å². The molecular weight excluding hydrogens is 408 g/mol. The summed E-state index contributed by atoms with van der Waals surface area (Å²) in [5.74, 6) is 0.652. The summed E-state index contributed by atoms with van der Waals surface area (Å²) < 4.78 is 1.93. The third-order valence-corrected chi connectivity index (χ3v) is 6.92. The van der Waals surface area contributed by atoms with Gasteiger partial charge in [0, 0.05) is 34.7 Å². The normalized spacial score (nSPS) is 17.3. The van der Waals surface area contributed by atoms with Crippen LogP contribution in [0.4, 0.5) is 5.82 Å². The summed E-state index contributed by atoms with van der Waals surface area (Å²) in [6.45, 7) is 6.92. The highest BCUT2D eigenvalue weighted by atomic mass is 32.1. The Hall–Kier alpha value is -3.13. The van der Waals surface area contributed by atoms with Crippen LogP contribution in [0.15, 0.2) is 42.9 Å². The first-order chi connectivity index (χ1) is 14.9. The van der Waals surface area contributed by atoms with Crippen LogP contribution >= 0.6 is 11.3 Å². The molecule has 0 saturated carbocycles. The van der Waals surface area contributed by atoms with E-state index >= 15 is 0 Å². The number of amides is 1. The maximum atomic E-state index is 13.0. The third-order valence-electron chi connectivity index (χ3n) is 5.89. The van der Waals surface area contributed by atoms with Crippen molar-refractivity contribution in [1.29, 1.82) is 0 Å². The first-order valence-electron chi connectivity index (χ1n) is 10.5. The number of aromatic nitrogens is 4. The Kier molecular flexibility index (Phi) is 4.81.